The smallest absolute Gasteiger partial charge is 0.258 e. The molecule has 0 N–H and O–H groups in total. The van der Waals surface area contributed by atoms with Crippen LogP contribution in [0.1, 0.15) is 16.7 Å². The molecule has 0 aliphatic heterocycles. The molecule has 14 heavy (non-hydrogen) atoms. The Kier molecular flexibility index (Phi) is 2.45. The topological polar surface area (TPSA) is 90.7 Å². The number of nitriles is 2. The van der Waals surface area contributed by atoms with Crippen LogP contribution in [0.25, 0.3) is 0 Å². The molecule has 0 bridgehead atoms. The number of hydrogen-bond acceptors (Lipinski definition) is 4. The highest BCUT2D eigenvalue weighted by Gasteiger charge is 2.14. The maximum Gasteiger partial charge on any atom is 0.273 e. The van der Waals surface area contributed by atoms with E-state index in [0.29, 0.717) is 5.56 Å². The Balaban J connectivity index is 3.50. The van der Waals surface area contributed by atoms with E-state index in [1.807, 2.05) is 6.07 Å². The molecule has 1 aromatic rings. The van der Waals surface area contributed by atoms with Gasteiger partial charge in [0.05, 0.1) is 16.1 Å². The predicted octanol–water partition coefficient (Wildman–Crippen LogP) is 1.65. The molecule has 0 aromatic heterocycles. The quantitative estimate of drug-likeness (QED) is 0.493. The van der Waals surface area contributed by atoms with E-state index < -0.39 is 4.92 Å². The zero-order valence-corrected chi connectivity index (χ0v) is 7.31. The van der Waals surface area contributed by atoms with E-state index in [-0.39, 0.29) is 16.8 Å². The molecule has 5 nitrogen and oxygen atoms in total. The summed E-state index contributed by atoms with van der Waals surface area (Å²) >= 11 is 0. The number of rotatable bonds is 1. The zero-order chi connectivity index (χ0) is 10.7. The van der Waals surface area contributed by atoms with Gasteiger partial charge in [0, 0.05) is 11.6 Å². The normalized spacial score (nSPS) is 8.79. The average Bonchev–Trinajstić information content (AvgIpc) is 2.16. The summed E-state index contributed by atoms with van der Waals surface area (Å²) in [6, 6.07) is 6.01. The van der Waals surface area contributed by atoms with Gasteiger partial charge in [0.15, 0.2) is 0 Å². The van der Waals surface area contributed by atoms with Crippen molar-refractivity contribution in [3.63, 3.8) is 0 Å². The monoisotopic (exact) mass is 187 g/mol. The largest absolute Gasteiger partial charge is 0.273 e. The molecule has 0 aliphatic carbocycles. The highest BCUT2D eigenvalue weighted by molar-refractivity contribution is 5.55. The van der Waals surface area contributed by atoms with Crippen molar-refractivity contribution in [1.29, 1.82) is 10.5 Å². The first-order chi connectivity index (χ1) is 6.60. The standard InChI is InChI=1S/C9H5N3O2/c1-6-2-7(4-10)8(5-11)3-9(6)12(13)14/h2-3H,1H3. The van der Waals surface area contributed by atoms with Crippen LogP contribution in [-0.2, 0) is 0 Å². The van der Waals surface area contributed by atoms with Crippen LogP contribution < -0.4 is 0 Å². The Bertz CT molecular complexity index is 480. The molecular formula is C9H5N3O2. The first-order valence-corrected chi connectivity index (χ1v) is 3.69. The third kappa shape index (κ3) is 1.52. The summed E-state index contributed by atoms with van der Waals surface area (Å²) in [5.74, 6) is 0. The molecule has 0 saturated carbocycles. The summed E-state index contributed by atoms with van der Waals surface area (Å²) in [6.45, 7) is 1.53. The van der Waals surface area contributed by atoms with Crippen molar-refractivity contribution in [2.75, 3.05) is 0 Å². The van der Waals surface area contributed by atoms with Gasteiger partial charge in [0.1, 0.15) is 12.1 Å². The van der Waals surface area contributed by atoms with Crippen LogP contribution in [0.4, 0.5) is 5.69 Å². The van der Waals surface area contributed by atoms with E-state index in [2.05, 4.69) is 0 Å². The molecule has 68 valence electrons. The Labute approximate surface area is 80.0 Å². The summed E-state index contributed by atoms with van der Waals surface area (Å²) in [5.41, 5.74) is 0.437. The van der Waals surface area contributed by atoms with Gasteiger partial charge in [-0.1, -0.05) is 0 Å². The summed E-state index contributed by atoms with van der Waals surface area (Å²) in [6.07, 6.45) is 0. The number of benzene rings is 1. The van der Waals surface area contributed by atoms with Gasteiger partial charge in [0.25, 0.3) is 5.69 Å². The average molecular weight is 187 g/mol. The second-order valence-electron chi connectivity index (χ2n) is 2.66. The van der Waals surface area contributed by atoms with E-state index in [4.69, 9.17) is 10.5 Å². The lowest BCUT2D eigenvalue weighted by atomic mass is 10.0. The van der Waals surface area contributed by atoms with E-state index in [0.717, 1.165) is 6.07 Å². The van der Waals surface area contributed by atoms with Crippen LogP contribution in [0.2, 0.25) is 0 Å². The number of hydrogen-bond donors (Lipinski definition) is 0. The molecule has 0 aliphatic rings. The van der Waals surface area contributed by atoms with Crippen LogP contribution in [-0.4, -0.2) is 4.92 Å². The fourth-order valence-corrected chi connectivity index (χ4v) is 1.08. The van der Waals surface area contributed by atoms with E-state index >= 15 is 0 Å². The molecule has 0 unspecified atom stereocenters. The second kappa shape index (κ2) is 3.55. The van der Waals surface area contributed by atoms with Crippen LogP contribution in [0.15, 0.2) is 12.1 Å². The predicted molar refractivity (Wildman–Crippen MR) is 47.3 cm³/mol. The molecule has 0 radical (unpaired) electrons. The molecule has 0 atom stereocenters. The van der Waals surface area contributed by atoms with E-state index in [9.17, 15) is 10.1 Å². The minimum atomic E-state index is -0.572. The number of nitro benzene ring substituents is 1. The van der Waals surface area contributed by atoms with Gasteiger partial charge in [0.2, 0.25) is 0 Å². The lowest BCUT2D eigenvalue weighted by Gasteiger charge is -1.98. The van der Waals surface area contributed by atoms with Crippen molar-refractivity contribution in [3.05, 3.63) is 38.9 Å². The van der Waals surface area contributed by atoms with Crippen LogP contribution in [0.5, 0.6) is 0 Å². The van der Waals surface area contributed by atoms with Gasteiger partial charge in [-0.05, 0) is 13.0 Å². The molecule has 1 rings (SSSR count). The molecule has 0 amide bonds. The van der Waals surface area contributed by atoms with E-state index in [1.165, 1.54) is 13.0 Å². The molecule has 5 heteroatoms. The molecule has 1 aromatic carbocycles. The Hall–Kier alpha value is -2.40. The maximum atomic E-state index is 10.5. The highest BCUT2D eigenvalue weighted by Crippen LogP contribution is 2.21. The number of aryl methyl sites for hydroxylation is 1. The minimum Gasteiger partial charge on any atom is -0.258 e. The van der Waals surface area contributed by atoms with Crippen molar-refractivity contribution in [3.8, 4) is 12.1 Å². The Morgan fingerprint density at radius 2 is 1.79 bits per heavy atom. The van der Waals surface area contributed by atoms with Crippen molar-refractivity contribution in [2.24, 2.45) is 0 Å². The summed E-state index contributed by atoms with van der Waals surface area (Å²) in [7, 11) is 0. The van der Waals surface area contributed by atoms with Crippen molar-refractivity contribution >= 4 is 5.69 Å². The summed E-state index contributed by atoms with van der Waals surface area (Å²) in [5, 5.41) is 27.8. The number of nitrogens with zero attached hydrogens (tertiary/aromatic N) is 3. The van der Waals surface area contributed by atoms with E-state index in [1.54, 1.807) is 6.07 Å². The fourth-order valence-electron chi connectivity index (χ4n) is 1.08. The summed E-state index contributed by atoms with van der Waals surface area (Å²) in [4.78, 5) is 9.93. The van der Waals surface area contributed by atoms with Gasteiger partial charge in [-0.15, -0.1) is 0 Å². The van der Waals surface area contributed by atoms with Crippen molar-refractivity contribution in [2.45, 2.75) is 6.92 Å². The molecule has 0 saturated heterocycles. The Morgan fingerprint density at radius 3 is 2.21 bits per heavy atom. The van der Waals surface area contributed by atoms with Gasteiger partial charge >= 0.3 is 0 Å². The zero-order valence-electron chi connectivity index (χ0n) is 7.31. The number of nitro groups is 1. The van der Waals surface area contributed by atoms with Crippen LogP contribution in [0, 0.1) is 39.7 Å². The molecular weight excluding hydrogens is 182 g/mol. The van der Waals surface area contributed by atoms with Crippen LogP contribution in [0.3, 0.4) is 0 Å². The molecule has 0 fully saturated rings. The lowest BCUT2D eigenvalue weighted by Crippen LogP contribution is -1.95. The Morgan fingerprint density at radius 1 is 1.29 bits per heavy atom. The summed E-state index contributed by atoms with van der Waals surface area (Å²) < 4.78 is 0. The lowest BCUT2D eigenvalue weighted by molar-refractivity contribution is -0.385. The van der Waals surface area contributed by atoms with Gasteiger partial charge < -0.3 is 0 Å². The molecule has 0 spiro atoms. The first kappa shape index (κ1) is 9.69. The third-order valence-electron chi connectivity index (χ3n) is 1.77. The van der Waals surface area contributed by atoms with Crippen molar-refractivity contribution in [1.82, 2.24) is 0 Å². The van der Waals surface area contributed by atoms with Crippen molar-refractivity contribution < 1.29 is 4.92 Å². The van der Waals surface area contributed by atoms with Gasteiger partial charge in [-0.3, -0.25) is 10.1 Å². The van der Waals surface area contributed by atoms with Crippen LogP contribution >= 0.6 is 0 Å². The fraction of sp³-hybridized carbons (Fsp3) is 0.111. The SMILES string of the molecule is Cc1cc(C#N)c(C#N)cc1[N+](=O)[O-]. The third-order valence-corrected chi connectivity index (χ3v) is 1.77. The minimum absolute atomic E-state index is 0.0322. The first-order valence-electron chi connectivity index (χ1n) is 3.69. The second-order valence-corrected chi connectivity index (χ2v) is 2.66. The van der Waals surface area contributed by atoms with Gasteiger partial charge in [-0.2, -0.15) is 10.5 Å². The molecule has 0 heterocycles. The maximum absolute atomic E-state index is 10.5. The highest BCUT2D eigenvalue weighted by atomic mass is 16.6. The van der Waals surface area contributed by atoms with Gasteiger partial charge in [-0.25, -0.2) is 0 Å².